The third-order valence-corrected chi connectivity index (χ3v) is 4.74. The molecule has 0 saturated heterocycles. The number of hydrogen-bond acceptors (Lipinski definition) is 11. The molecule has 0 aliphatic rings. The van der Waals surface area contributed by atoms with Crippen LogP contribution in [0.4, 0.5) is 11.4 Å². The van der Waals surface area contributed by atoms with E-state index in [1.807, 2.05) is 0 Å². The van der Waals surface area contributed by atoms with Crippen LogP contribution in [0.5, 0.6) is 5.75 Å². The molecule has 0 heterocycles. The zero-order valence-corrected chi connectivity index (χ0v) is 19.0. The SMILES string of the molecule is O=S(=O)(O)OC[C@@H](OS(=O)(=O)O)[C@H](Oc1ccc(N=C=S)cc1)c1ccc(N=C=S)cc1. The summed E-state index contributed by atoms with van der Waals surface area (Å²) in [6, 6.07) is 11.9. The minimum Gasteiger partial charge on any atom is -0.483 e. The van der Waals surface area contributed by atoms with Crippen LogP contribution in [-0.2, 0) is 29.2 Å². The minimum absolute atomic E-state index is 0.190. The first-order chi connectivity index (χ1) is 15.0. The second-order valence-electron chi connectivity index (χ2n) is 5.80. The van der Waals surface area contributed by atoms with Crippen molar-refractivity contribution in [3.63, 3.8) is 0 Å². The zero-order valence-electron chi connectivity index (χ0n) is 15.8. The van der Waals surface area contributed by atoms with Crippen molar-refractivity contribution >= 4 is 66.9 Å². The fourth-order valence-corrected chi connectivity index (χ4v) is 3.41. The number of ether oxygens (including phenoxy) is 1. The monoisotopic (exact) mass is 518 g/mol. The van der Waals surface area contributed by atoms with Crippen molar-refractivity contribution < 1.29 is 39.0 Å². The van der Waals surface area contributed by atoms with E-state index < -0.39 is 39.6 Å². The molecular formula is C17H14N2O9S4. The van der Waals surface area contributed by atoms with E-state index in [0.717, 1.165) is 0 Å². The molecule has 2 aromatic carbocycles. The maximum atomic E-state index is 11.4. The molecule has 0 aromatic heterocycles. The Balaban J connectivity index is 2.48. The van der Waals surface area contributed by atoms with Crippen molar-refractivity contribution in [1.82, 2.24) is 0 Å². The average molecular weight is 519 g/mol. The Morgan fingerprint density at radius 2 is 1.34 bits per heavy atom. The molecule has 0 aliphatic heterocycles. The predicted molar refractivity (Wildman–Crippen MR) is 120 cm³/mol. The molecule has 0 saturated carbocycles. The minimum atomic E-state index is -5.08. The van der Waals surface area contributed by atoms with E-state index >= 15 is 0 Å². The first-order valence-corrected chi connectivity index (χ1v) is 11.9. The lowest BCUT2D eigenvalue weighted by Crippen LogP contribution is -2.34. The second-order valence-corrected chi connectivity index (χ2v) is 8.31. The lowest BCUT2D eigenvalue weighted by molar-refractivity contribution is 0.0175. The molecule has 15 heteroatoms. The molecule has 11 nitrogen and oxygen atoms in total. The third kappa shape index (κ3) is 8.98. The van der Waals surface area contributed by atoms with Gasteiger partial charge in [0.05, 0.1) is 21.7 Å². The quantitative estimate of drug-likeness (QED) is 0.255. The Morgan fingerprint density at radius 3 is 1.78 bits per heavy atom. The first-order valence-electron chi connectivity index (χ1n) is 8.31. The Bertz CT molecular complexity index is 1230. The van der Waals surface area contributed by atoms with Crippen LogP contribution >= 0.6 is 24.4 Å². The van der Waals surface area contributed by atoms with Crippen molar-refractivity contribution in [2.45, 2.75) is 12.2 Å². The second kappa shape index (κ2) is 11.4. The van der Waals surface area contributed by atoms with Crippen LogP contribution < -0.4 is 4.74 Å². The Morgan fingerprint density at radius 1 is 0.844 bits per heavy atom. The van der Waals surface area contributed by atoms with Crippen molar-refractivity contribution in [3.05, 3.63) is 54.1 Å². The van der Waals surface area contributed by atoms with Crippen LogP contribution in [0, 0.1) is 0 Å². The van der Waals surface area contributed by atoms with Crippen molar-refractivity contribution in [1.29, 1.82) is 0 Å². The maximum absolute atomic E-state index is 11.4. The zero-order chi connectivity index (χ0) is 23.8. The van der Waals surface area contributed by atoms with Gasteiger partial charge >= 0.3 is 20.8 Å². The van der Waals surface area contributed by atoms with Gasteiger partial charge < -0.3 is 4.74 Å². The fourth-order valence-electron chi connectivity index (χ4n) is 2.42. The highest BCUT2D eigenvalue weighted by atomic mass is 32.3. The molecule has 0 amide bonds. The van der Waals surface area contributed by atoms with Gasteiger partial charge in [-0.15, -0.1) is 0 Å². The summed E-state index contributed by atoms with van der Waals surface area (Å²) in [7, 11) is -10.0. The summed E-state index contributed by atoms with van der Waals surface area (Å²) < 4.78 is 77.4. The lowest BCUT2D eigenvalue weighted by atomic mass is 10.0. The Labute approximate surface area is 194 Å². The van der Waals surface area contributed by atoms with E-state index in [9.17, 15) is 16.8 Å². The highest BCUT2D eigenvalue weighted by Crippen LogP contribution is 2.30. The third-order valence-electron chi connectivity index (χ3n) is 3.63. The molecule has 0 aliphatic carbocycles. The van der Waals surface area contributed by atoms with Crippen molar-refractivity contribution in [2.24, 2.45) is 9.98 Å². The summed E-state index contributed by atoms with van der Waals surface area (Å²) in [4.78, 5) is 7.57. The number of benzene rings is 2. The lowest BCUT2D eigenvalue weighted by Gasteiger charge is -2.26. The smallest absolute Gasteiger partial charge is 0.397 e. The highest BCUT2D eigenvalue weighted by Gasteiger charge is 2.32. The summed E-state index contributed by atoms with van der Waals surface area (Å²) in [6.45, 7) is -1.02. The number of nitrogens with zero attached hydrogens (tertiary/aromatic N) is 2. The van der Waals surface area contributed by atoms with Gasteiger partial charge in [0.15, 0.2) is 6.10 Å². The fraction of sp³-hybridized carbons (Fsp3) is 0.176. The van der Waals surface area contributed by atoms with Crippen LogP contribution in [0.2, 0.25) is 0 Å². The molecule has 0 spiro atoms. The van der Waals surface area contributed by atoms with Crippen LogP contribution in [0.15, 0.2) is 58.5 Å². The molecule has 170 valence electrons. The molecule has 2 atom stereocenters. The van der Waals surface area contributed by atoms with Crippen molar-refractivity contribution in [3.8, 4) is 5.75 Å². The Hall–Kier alpha value is -2.42. The molecule has 0 unspecified atom stereocenters. The first kappa shape index (κ1) is 25.8. The van der Waals surface area contributed by atoms with Crippen molar-refractivity contribution in [2.75, 3.05) is 6.61 Å². The standard InChI is InChI=1S/C17H14N2O9S4/c20-31(21,22)26-9-16(28-32(23,24)25)17(12-1-3-13(4-2-12)18-10-29)27-15-7-5-14(6-8-15)19-11-30/h1-8,16-17H,9H2,(H,20,21,22)(H,23,24,25)/t16-,17-/m1/s1. The van der Waals surface area contributed by atoms with Gasteiger partial charge in [0, 0.05) is 0 Å². The Kier molecular flexibility index (Phi) is 9.24. The topological polar surface area (TPSA) is 161 Å². The molecule has 0 radical (unpaired) electrons. The van der Waals surface area contributed by atoms with E-state index in [-0.39, 0.29) is 11.3 Å². The summed E-state index contributed by atoms with van der Waals surface area (Å²) in [5.41, 5.74) is 1.17. The summed E-state index contributed by atoms with van der Waals surface area (Å²) in [5.74, 6) is 0.190. The number of isothiocyanates is 2. The summed E-state index contributed by atoms with van der Waals surface area (Å²) >= 11 is 9.06. The van der Waals surface area contributed by atoms with Crippen LogP contribution in [0.3, 0.4) is 0 Å². The number of aliphatic imine (C=N–C) groups is 2. The highest BCUT2D eigenvalue weighted by molar-refractivity contribution is 7.81. The number of rotatable bonds is 11. The molecular weight excluding hydrogens is 504 g/mol. The van der Waals surface area contributed by atoms with E-state index in [2.05, 4.69) is 53.1 Å². The largest absolute Gasteiger partial charge is 0.483 e. The number of hydrogen-bond donors (Lipinski definition) is 2. The van der Waals surface area contributed by atoms with Gasteiger partial charge in [0.1, 0.15) is 18.5 Å². The van der Waals surface area contributed by atoms with Crippen LogP contribution in [-0.4, -0.2) is 49.0 Å². The average Bonchev–Trinajstić information content (AvgIpc) is 2.70. The van der Waals surface area contributed by atoms with Gasteiger partial charge in [0.25, 0.3) is 0 Å². The molecule has 32 heavy (non-hydrogen) atoms. The summed E-state index contributed by atoms with van der Waals surface area (Å²) in [5, 5.41) is 4.38. The normalized spacial score (nSPS) is 13.3. The van der Waals surface area contributed by atoms with Gasteiger partial charge in [-0.3, -0.25) is 9.11 Å². The molecule has 2 N–H and O–H groups in total. The van der Waals surface area contributed by atoms with E-state index in [4.69, 9.17) is 13.8 Å². The van der Waals surface area contributed by atoms with Gasteiger partial charge in [-0.1, -0.05) is 12.1 Å². The van der Waals surface area contributed by atoms with Crippen LogP contribution in [0.25, 0.3) is 0 Å². The molecule has 0 bridgehead atoms. The van der Waals surface area contributed by atoms with Crippen LogP contribution in [0.1, 0.15) is 11.7 Å². The molecule has 0 fully saturated rings. The molecule has 2 rings (SSSR count). The van der Waals surface area contributed by atoms with Gasteiger partial charge in [-0.25, -0.2) is 8.37 Å². The molecule has 2 aromatic rings. The summed E-state index contributed by atoms with van der Waals surface area (Å²) in [6.07, 6.45) is -3.09. The van der Waals surface area contributed by atoms with E-state index in [1.54, 1.807) is 0 Å². The van der Waals surface area contributed by atoms with Gasteiger partial charge in [-0.2, -0.15) is 26.8 Å². The van der Waals surface area contributed by atoms with Gasteiger partial charge in [0.2, 0.25) is 0 Å². The van der Waals surface area contributed by atoms with E-state index in [1.165, 1.54) is 48.5 Å². The predicted octanol–water partition coefficient (Wildman–Crippen LogP) is 3.28. The van der Waals surface area contributed by atoms with E-state index in [0.29, 0.717) is 11.4 Å². The number of thiocarbonyl (C=S) groups is 2. The van der Waals surface area contributed by atoms with Gasteiger partial charge in [-0.05, 0) is 66.4 Å². The maximum Gasteiger partial charge on any atom is 0.397 e.